The molecule has 1 atom stereocenters. The lowest BCUT2D eigenvalue weighted by molar-refractivity contribution is -0.128. The minimum Gasteiger partial charge on any atom is -0.361 e. The number of fused-ring (bicyclic) bond motifs is 1. The first-order chi connectivity index (χ1) is 16.4. The molecule has 1 aliphatic rings. The Morgan fingerprint density at radius 2 is 1.97 bits per heavy atom. The van der Waals surface area contributed by atoms with Crippen LogP contribution < -0.4 is 10.6 Å². The second-order valence-electron chi connectivity index (χ2n) is 8.67. The highest BCUT2D eigenvalue weighted by Crippen LogP contribution is 2.23. The molecule has 0 spiro atoms. The maximum Gasteiger partial charge on any atom is 0.251 e. The van der Waals surface area contributed by atoms with Crippen LogP contribution in [0, 0.1) is 5.92 Å². The van der Waals surface area contributed by atoms with Crippen LogP contribution in [0.1, 0.15) is 42.1 Å². The van der Waals surface area contributed by atoms with Crippen molar-refractivity contribution in [3.8, 4) is 0 Å². The topological polar surface area (TPSA) is 94.3 Å². The maximum atomic E-state index is 12.6. The van der Waals surface area contributed by atoms with Crippen LogP contribution in [0.25, 0.3) is 10.9 Å². The number of aromatic nitrogens is 1. The summed E-state index contributed by atoms with van der Waals surface area (Å²) in [7, 11) is 0. The Hall–Kier alpha value is -3.32. The lowest BCUT2D eigenvalue weighted by Gasteiger charge is -2.16. The zero-order chi connectivity index (χ0) is 24.1. The van der Waals surface area contributed by atoms with E-state index in [0.29, 0.717) is 42.3 Å². The highest BCUT2D eigenvalue weighted by Gasteiger charge is 2.33. The Morgan fingerprint density at radius 1 is 1.18 bits per heavy atom. The molecule has 4 rings (SSSR count). The first-order valence-electron chi connectivity index (χ1n) is 11.7. The number of H-pyrrole nitrogens is 1. The van der Waals surface area contributed by atoms with Crippen molar-refractivity contribution in [2.45, 2.75) is 32.6 Å². The zero-order valence-corrected chi connectivity index (χ0v) is 20.0. The highest BCUT2D eigenvalue weighted by molar-refractivity contribution is 6.31. The molecule has 1 fully saturated rings. The molecule has 178 valence electrons. The number of halogens is 1. The molecule has 3 N–H and O–H groups in total. The molecule has 1 aromatic heterocycles. The van der Waals surface area contributed by atoms with Gasteiger partial charge in [-0.3, -0.25) is 14.4 Å². The van der Waals surface area contributed by atoms with Gasteiger partial charge in [0, 0.05) is 59.4 Å². The number of hydrogen-bond donors (Lipinski definition) is 3. The molecule has 7 nitrogen and oxygen atoms in total. The molecule has 3 aromatic rings. The van der Waals surface area contributed by atoms with E-state index in [9.17, 15) is 14.4 Å². The van der Waals surface area contributed by atoms with Gasteiger partial charge in [0.25, 0.3) is 5.91 Å². The summed E-state index contributed by atoms with van der Waals surface area (Å²) in [6.45, 7) is 3.74. The number of amides is 3. The summed E-state index contributed by atoms with van der Waals surface area (Å²) >= 11 is 6.10. The SMILES string of the molecule is CCCCN1CC(C(=O)Nc2ccc(C(=O)NCCc3c[nH]c4ccc(Cl)cc34)cc2)CC1=O. The molecule has 8 heteroatoms. The standard InChI is InChI=1S/C26H29ClN4O3/c1-2-3-12-31-16-19(13-24(31)32)26(34)30-21-7-4-17(5-8-21)25(33)28-11-10-18-15-29-23-9-6-20(27)14-22(18)23/h4-9,14-15,19,29H,2-3,10-13,16H2,1H3,(H,28,33)(H,30,34). The lowest BCUT2D eigenvalue weighted by Crippen LogP contribution is -2.29. The summed E-state index contributed by atoms with van der Waals surface area (Å²) in [4.78, 5) is 42.2. The smallest absolute Gasteiger partial charge is 0.251 e. The number of nitrogens with zero attached hydrogens (tertiary/aromatic N) is 1. The van der Waals surface area contributed by atoms with E-state index >= 15 is 0 Å². The van der Waals surface area contributed by atoms with Gasteiger partial charge in [-0.2, -0.15) is 0 Å². The van der Waals surface area contributed by atoms with Crippen LogP contribution in [0.15, 0.2) is 48.7 Å². The van der Waals surface area contributed by atoms with E-state index in [1.807, 2.05) is 24.4 Å². The van der Waals surface area contributed by atoms with Crippen LogP contribution >= 0.6 is 11.6 Å². The number of carbonyl (C=O) groups is 3. The summed E-state index contributed by atoms with van der Waals surface area (Å²) in [6, 6.07) is 12.5. The van der Waals surface area contributed by atoms with Crippen LogP contribution in [0.3, 0.4) is 0 Å². The van der Waals surface area contributed by atoms with Crippen molar-refractivity contribution in [1.29, 1.82) is 0 Å². The van der Waals surface area contributed by atoms with Gasteiger partial charge >= 0.3 is 0 Å². The third-order valence-electron chi connectivity index (χ3n) is 6.19. The number of hydrogen-bond acceptors (Lipinski definition) is 3. The van der Waals surface area contributed by atoms with Gasteiger partial charge in [0.05, 0.1) is 5.92 Å². The van der Waals surface area contributed by atoms with E-state index in [0.717, 1.165) is 29.3 Å². The van der Waals surface area contributed by atoms with Crippen LogP contribution in [-0.4, -0.2) is 47.2 Å². The van der Waals surface area contributed by atoms with Gasteiger partial charge in [-0.25, -0.2) is 0 Å². The summed E-state index contributed by atoms with van der Waals surface area (Å²) in [5.74, 6) is -0.643. The van der Waals surface area contributed by atoms with Crippen LogP contribution in [0.5, 0.6) is 0 Å². The van der Waals surface area contributed by atoms with Gasteiger partial charge in [-0.1, -0.05) is 24.9 Å². The summed E-state index contributed by atoms with van der Waals surface area (Å²) in [5, 5.41) is 7.53. The fourth-order valence-corrected chi connectivity index (χ4v) is 4.40. The van der Waals surface area contributed by atoms with E-state index in [1.165, 1.54) is 0 Å². The number of benzene rings is 2. The molecule has 1 aliphatic heterocycles. The van der Waals surface area contributed by atoms with Gasteiger partial charge in [-0.05, 0) is 60.9 Å². The molecule has 2 aromatic carbocycles. The van der Waals surface area contributed by atoms with E-state index in [2.05, 4.69) is 22.5 Å². The Labute approximate surface area is 203 Å². The minimum atomic E-state index is -0.341. The summed E-state index contributed by atoms with van der Waals surface area (Å²) < 4.78 is 0. The summed E-state index contributed by atoms with van der Waals surface area (Å²) in [5.41, 5.74) is 3.23. The molecule has 0 saturated carbocycles. The number of aromatic amines is 1. The number of rotatable bonds is 9. The molecule has 1 saturated heterocycles. The van der Waals surface area contributed by atoms with E-state index in [1.54, 1.807) is 29.2 Å². The molecule has 2 heterocycles. The first kappa shape index (κ1) is 23.8. The average molecular weight is 481 g/mol. The third kappa shape index (κ3) is 5.59. The molecule has 1 unspecified atom stereocenters. The molecular weight excluding hydrogens is 452 g/mol. The third-order valence-corrected chi connectivity index (χ3v) is 6.43. The van der Waals surface area contributed by atoms with Crippen molar-refractivity contribution >= 4 is 45.9 Å². The van der Waals surface area contributed by atoms with Crippen molar-refractivity contribution in [3.05, 3.63) is 64.8 Å². The number of anilines is 1. The number of likely N-dealkylation sites (tertiary alicyclic amines) is 1. The number of unbranched alkanes of at least 4 members (excludes halogenated alkanes) is 1. The molecule has 3 amide bonds. The van der Waals surface area contributed by atoms with Crippen molar-refractivity contribution in [2.75, 3.05) is 25.0 Å². The molecule has 0 aliphatic carbocycles. The van der Waals surface area contributed by atoms with Gasteiger partial charge in [0.2, 0.25) is 11.8 Å². The van der Waals surface area contributed by atoms with E-state index < -0.39 is 0 Å². The van der Waals surface area contributed by atoms with Gasteiger partial charge in [0.15, 0.2) is 0 Å². The molecular formula is C26H29ClN4O3. The summed E-state index contributed by atoms with van der Waals surface area (Å²) in [6.07, 6.45) is 4.82. The van der Waals surface area contributed by atoms with Crippen LogP contribution in [-0.2, 0) is 16.0 Å². The average Bonchev–Trinajstić information content (AvgIpc) is 3.41. The van der Waals surface area contributed by atoms with Gasteiger partial charge in [0.1, 0.15) is 0 Å². The quantitative estimate of drug-likeness (QED) is 0.424. The Kier molecular flexibility index (Phi) is 7.53. The molecule has 0 radical (unpaired) electrons. The van der Waals surface area contributed by atoms with E-state index in [-0.39, 0.29) is 30.1 Å². The molecule has 34 heavy (non-hydrogen) atoms. The molecule has 0 bridgehead atoms. The fourth-order valence-electron chi connectivity index (χ4n) is 4.23. The van der Waals surface area contributed by atoms with Gasteiger partial charge in [-0.15, -0.1) is 0 Å². The number of nitrogens with one attached hydrogen (secondary N) is 3. The zero-order valence-electron chi connectivity index (χ0n) is 19.2. The first-order valence-corrected chi connectivity index (χ1v) is 12.0. The van der Waals surface area contributed by atoms with Crippen LogP contribution in [0.4, 0.5) is 5.69 Å². The largest absolute Gasteiger partial charge is 0.361 e. The lowest BCUT2D eigenvalue weighted by atomic mass is 10.1. The number of carbonyl (C=O) groups excluding carboxylic acids is 3. The van der Waals surface area contributed by atoms with Crippen molar-refractivity contribution in [2.24, 2.45) is 5.92 Å². The predicted molar refractivity (Wildman–Crippen MR) is 134 cm³/mol. The van der Waals surface area contributed by atoms with E-state index in [4.69, 9.17) is 11.6 Å². The van der Waals surface area contributed by atoms with Crippen molar-refractivity contribution in [3.63, 3.8) is 0 Å². The Bertz CT molecular complexity index is 1190. The fraction of sp³-hybridized carbons (Fsp3) is 0.346. The second kappa shape index (κ2) is 10.7. The highest BCUT2D eigenvalue weighted by atomic mass is 35.5. The minimum absolute atomic E-state index is 0.0383. The normalized spacial score (nSPS) is 15.6. The Balaban J connectivity index is 1.26. The Morgan fingerprint density at radius 3 is 2.74 bits per heavy atom. The monoisotopic (exact) mass is 480 g/mol. The second-order valence-corrected chi connectivity index (χ2v) is 9.11. The van der Waals surface area contributed by atoms with Crippen molar-refractivity contribution in [1.82, 2.24) is 15.2 Å². The van der Waals surface area contributed by atoms with Crippen LogP contribution in [0.2, 0.25) is 5.02 Å². The van der Waals surface area contributed by atoms with Gasteiger partial charge < -0.3 is 20.5 Å². The van der Waals surface area contributed by atoms with Crippen molar-refractivity contribution < 1.29 is 14.4 Å². The maximum absolute atomic E-state index is 12.6. The predicted octanol–water partition coefficient (Wildman–Crippen LogP) is 4.38.